The van der Waals surface area contributed by atoms with E-state index in [1.54, 1.807) is 18.3 Å². The molecule has 1 aromatic carbocycles. The lowest BCUT2D eigenvalue weighted by Gasteiger charge is -2.33. The van der Waals surface area contributed by atoms with E-state index in [1.807, 2.05) is 42.4 Å². The largest absolute Gasteiger partial charge is 0.504 e. The minimum absolute atomic E-state index is 0.151. The molecule has 3 rings (SSSR count). The Morgan fingerprint density at radius 3 is 2.75 bits per heavy atom. The number of nitrogens with zero attached hydrogens (tertiary/aromatic N) is 4. The van der Waals surface area contributed by atoms with Gasteiger partial charge in [0.2, 0.25) is 0 Å². The molecule has 2 heterocycles. The van der Waals surface area contributed by atoms with Crippen LogP contribution in [0.15, 0.2) is 47.7 Å². The summed E-state index contributed by atoms with van der Waals surface area (Å²) in [5, 5.41) is 16.3. The van der Waals surface area contributed by atoms with Crippen molar-refractivity contribution in [3.8, 4) is 11.5 Å². The van der Waals surface area contributed by atoms with Crippen LogP contribution in [0.2, 0.25) is 0 Å². The monoisotopic (exact) mass is 326 g/mol. The summed E-state index contributed by atoms with van der Waals surface area (Å²) in [6.45, 7) is 5.90. The topological polar surface area (TPSA) is 61.2 Å². The molecule has 0 saturated carbocycles. The molecule has 1 aliphatic rings. The van der Waals surface area contributed by atoms with E-state index in [1.165, 1.54) is 0 Å². The quantitative estimate of drug-likeness (QED) is 0.855. The van der Waals surface area contributed by atoms with Gasteiger partial charge >= 0.3 is 0 Å². The maximum atomic E-state index is 9.73. The zero-order valence-corrected chi connectivity index (χ0v) is 13.8. The van der Waals surface area contributed by atoms with Gasteiger partial charge in [0.15, 0.2) is 11.5 Å². The van der Waals surface area contributed by atoms with E-state index in [9.17, 15) is 5.11 Å². The normalized spacial score (nSPS) is 15.0. The van der Waals surface area contributed by atoms with Crippen molar-refractivity contribution in [2.75, 3.05) is 37.7 Å². The van der Waals surface area contributed by atoms with Gasteiger partial charge in [-0.1, -0.05) is 6.07 Å². The second-order valence-electron chi connectivity index (χ2n) is 5.53. The Morgan fingerprint density at radius 1 is 1.21 bits per heavy atom. The second kappa shape index (κ2) is 7.68. The Morgan fingerprint density at radius 2 is 2.04 bits per heavy atom. The molecule has 0 amide bonds. The fourth-order valence-electron chi connectivity index (χ4n) is 2.61. The predicted octanol–water partition coefficient (Wildman–Crippen LogP) is 2.34. The van der Waals surface area contributed by atoms with E-state index in [-0.39, 0.29) is 5.75 Å². The highest BCUT2D eigenvalue weighted by atomic mass is 16.5. The van der Waals surface area contributed by atoms with Gasteiger partial charge in [-0.05, 0) is 42.8 Å². The number of aromatic hydroxyl groups is 1. The zero-order chi connectivity index (χ0) is 16.8. The minimum Gasteiger partial charge on any atom is -0.504 e. The molecule has 1 N–H and O–H groups in total. The number of hydrogen-bond donors (Lipinski definition) is 1. The first kappa shape index (κ1) is 16.1. The molecule has 126 valence electrons. The third kappa shape index (κ3) is 3.95. The number of ether oxygens (including phenoxy) is 1. The van der Waals surface area contributed by atoms with Crippen LogP contribution in [0.1, 0.15) is 12.5 Å². The van der Waals surface area contributed by atoms with Gasteiger partial charge in [0.25, 0.3) is 0 Å². The Kier molecular flexibility index (Phi) is 5.15. The molecule has 0 unspecified atom stereocenters. The van der Waals surface area contributed by atoms with Crippen LogP contribution in [0.5, 0.6) is 11.5 Å². The van der Waals surface area contributed by atoms with E-state index in [0.29, 0.717) is 12.4 Å². The van der Waals surface area contributed by atoms with Crippen molar-refractivity contribution in [2.24, 2.45) is 5.10 Å². The highest BCUT2D eigenvalue weighted by Crippen LogP contribution is 2.26. The summed E-state index contributed by atoms with van der Waals surface area (Å²) in [5.41, 5.74) is 0.906. The molecule has 6 nitrogen and oxygen atoms in total. The number of piperazine rings is 1. The van der Waals surface area contributed by atoms with Crippen molar-refractivity contribution in [3.05, 3.63) is 48.2 Å². The molecule has 24 heavy (non-hydrogen) atoms. The fourth-order valence-corrected chi connectivity index (χ4v) is 2.61. The Balaban J connectivity index is 1.58. The van der Waals surface area contributed by atoms with Crippen molar-refractivity contribution in [1.82, 2.24) is 9.99 Å². The number of hydrazone groups is 1. The molecule has 0 spiro atoms. The Labute approximate surface area is 142 Å². The molecule has 0 radical (unpaired) electrons. The molecular weight excluding hydrogens is 304 g/mol. The highest BCUT2D eigenvalue weighted by molar-refractivity contribution is 5.80. The molecule has 0 bridgehead atoms. The summed E-state index contributed by atoms with van der Waals surface area (Å²) in [5.74, 6) is 1.65. The number of rotatable bonds is 5. The van der Waals surface area contributed by atoms with E-state index in [0.717, 1.165) is 37.6 Å². The maximum Gasteiger partial charge on any atom is 0.161 e. The van der Waals surface area contributed by atoms with Gasteiger partial charge in [0.1, 0.15) is 5.82 Å². The van der Waals surface area contributed by atoms with Crippen LogP contribution >= 0.6 is 0 Å². The van der Waals surface area contributed by atoms with E-state index in [2.05, 4.69) is 15.0 Å². The number of phenolic OH excluding ortho intramolecular Hbond substituents is 1. The molecule has 1 fully saturated rings. The summed E-state index contributed by atoms with van der Waals surface area (Å²) in [6, 6.07) is 11.2. The van der Waals surface area contributed by atoms with Gasteiger partial charge in [0.05, 0.1) is 25.9 Å². The van der Waals surface area contributed by atoms with Gasteiger partial charge in [-0.3, -0.25) is 5.01 Å². The average molecular weight is 326 g/mol. The lowest BCUT2D eigenvalue weighted by molar-refractivity contribution is 0.271. The van der Waals surface area contributed by atoms with Crippen LogP contribution in [0.3, 0.4) is 0 Å². The second-order valence-corrected chi connectivity index (χ2v) is 5.53. The first-order valence-electron chi connectivity index (χ1n) is 8.17. The number of pyridine rings is 1. The molecule has 2 aromatic rings. The molecule has 1 aliphatic heterocycles. The van der Waals surface area contributed by atoms with Gasteiger partial charge in [-0.15, -0.1) is 0 Å². The van der Waals surface area contributed by atoms with Crippen LogP contribution in [-0.4, -0.2) is 54.1 Å². The third-order valence-corrected chi connectivity index (χ3v) is 3.88. The number of phenols is 1. The average Bonchev–Trinajstić information content (AvgIpc) is 2.64. The molecule has 6 heteroatoms. The summed E-state index contributed by atoms with van der Waals surface area (Å²) < 4.78 is 5.39. The number of aromatic nitrogens is 1. The van der Waals surface area contributed by atoms with Gasteiger partial charge in [0, 0.05) is 19.3 Å². The zero-order valence-electron chi connectivity index (χ0n) is 13.8. The summed E-state index contributed by atoms with van der Waals surface area (Å²) in [7, 11) is 0. The summed E-state index contributed by atoms with van der Waals surface area (Å²) in [4.78, 5) is 6.65. The fraction of sp³-hybridized carbons (Fsp3) is 0.333. The smallest absolute Gasteiger partial charge is 0.161 e. The van der Waals surface area contributed by atoms with Crippen molar-refractivity contribution in [3.63, 3.8) is 0 Å². The van der Waals surface area contributed by atoms with Crippen molar-refractivity contribution >= 4 is 12.0 Å². The van der Waals surface area contributed by atoms with Gasteiger partial charge in [-0.25, -0.2) is 4.98 Å². The lowest BCUT2D eigenvalue weighted by Crippen LogP contribution is -2.44. The summed E-state index contributed by atoms with van der Waals surface area (Å²) in [6.07, 6.45) is 3.62. The van der Waals surface area contributed by atoms with Crippen molar-refractivity contribution in [1.29, 1.82) is 0 Å². The molecule has 0 atom stereocenters. The molecule has 1 aromatic heterocycles. The van der Waals surface area contributed by atoms with Crippen LogP contribution in [0.25, 0.3) is 0 Å². The van der Waals surface area contributed by atoms with E-state index >= 15 is 0 Å². The third-order valence-electron chi connectivity index (χ3n) is 3.88. The van der Waals surface area contributed by atoms with Crippen LogP contribution in [-0.2, 0) is 0 Å². The van der Waals surface area contributed by atoms with Crippen LogP contribution < -0.4 is 9.64 Å². The first-order chi connectivity index (χ1) is 11.8. The maximum absolute atomic E-state index is 9.73. The predicted molar refractivity (Wildman–Crippen MR) is 94.9 cm³/mol. The molecular formula is C18H22N4O2. The lowest BCUT2D eigenvalue weighted by atomic mass is 10.2. The molecule has 1 saturated heterocycles. The number of anilines is 1. The van der Waals surface area contributed by atoms with E-state index < -0.39 is 0 Å². The SMILES string of the molecule is CCOc1cc(C=NN2CCN(c3ccccn3)CC2)ccc1O. The first-order valence-corrected chi connectivity index (χ1v) is 8.17. The number of benzene rings is 1. The number of hydrogen-bond acceptors (Lipinski definition) is 6. The standard InChI is InChI=1S/C18H22N4O2/c1-2-24-17-13-15(6-7-16(17)23)14-20-22-11-9-21(10-12-22)18-5-3-4-8-19-18/h3-8,13-14,23H,2,9-12H2,1H3. The van der Waals surface area contributed by atoms with Gasteiger partial charge < -0.3 is 14.7 Å². The van der Waals surface area contributed by atoms with Gasteiger partial charge in [-0.2, -0.15) is 5.10 Å². The van der Waals surface area contributed by atoms with E-state index in [4.69, 9.17) is 4.74 Å². The minimum atomic E-state index is 0.151. The van der Waals surface area contributed by atoms with Crippen LogP contribution in [0.4, 0.5) is 5.82 Å². The Bertz CT molecular complexity index is 683. The summed E-state index contributed by atoms with van der Waals surface area (Å²) >= 11 is 0. The van der Waals surface area contributed by atoms with Crippen molar-refractivity contribution in [2.45, 2.75) is 6.92 Å². The molecule has 0 aliphatic carbocycles. The Hall–Kier alpha value is -2.76. The van der Waals surface area contributed by atoms with Crippen molar-refractivity contribution < 1.29 is 9.84 Å². The highest BCUT2D eigenvalue weighted by Gasteiger charge is 2.16. The van der Waals surface area contributed by atoms with Crippen LogP contribution in [0, 0.1) is 0 Å².